The second-order valence-corrected chi connectivity index (χ2v) is 6.27. The van der Waals surface area contributed by atoms with Crippen molar-refractivity contribution in [3.05, 3.63) is 28.8 Å². The van der Waals surface area contributed by atoms with E-state index in [-0.39, 0.29) is 5.91 Å². The number of hydrogen-bond acceptors (Lipinski definition) is 6. The summed E-state index contributed by atoms with van der Waals surface area (Å²) in [5, 5.41) is 11.6. The Morgan fingerprint density at radius 2 is 2.26 bits per heavy atom. The van der Waals surface area contributed by atoms with Gasteiger partial charge in [-0.15, -0.1) is 10.2 Å². The lowest BCUT2D eigenvalue weighted by Gasteiger charge is -2.06. The predicted molar refractivity (Wildman–Crippen MR) is 77.6 cm³/mol. The molecule has 0 unspecified atom stereocenters. The third-order valence-corrected chi connectivity index (χ3v) is 4.30. The first kappa shape index (κ1) is 13.8. The van der Waals surface area contributed by atoms with Gasteiger partial charge in [-0.3, -0.25) is 4.79 Å². The van der Waals surface area contributed by atoms with Gasteiger partial charge in [-0.25, -0.2) is 0 Å². The van der Waals surface area contributed by atoms with Crippen molar-refractivity contribution < 1.29 is 4.79 Å². The second-order valence-electron chi connectivity index (χ2n) is 3.80. The van der Waals surface area contributed by atoms with Crippen molar-refractivity contribution in [3.63, 3.8) is 0 Å². The molecule has 0 bridgehead atoms. The molecule has 2 rings (SSSR count). The van der Waals surface area contributed by atoms with E-state index in [0.29, 0.717) is 17.8 Å². The molecule has 1 aromatic heterocycles. The van der Waals surface area contributed by atoms with Crippen molar-refractivity contribution in [2.75, 3.05) is 12.3 Å². The number of benzene rings is 1. The number of amides is 1. The first-order valence-corrected chi connectivity index (χ1v) is 7.39. The Bertz CT molecular complexity index is 597. The fourth-order valence-electron chi connectivity index (χ4n) is 1.46. The molecule has 0 radical (unpaired) electrons. The van der Waals surface area contributed by atoms with Crippen LogP contribution in [0.4, 0.5) is 5.69 Å². The van der Waals surface area contributed by atoms with Crippen LogP contribution in [-0.4, -0.2) is 22.6 Å². The lowest BCUT2D eigenvalue weighted by atomic mass is 10.2. The Labute approximate surface area is 119 Å². The second kappa shape index (κ2) is 6.03. The highest BCUT2D eigenvalue weighted by Gasteiger charge is 2.10. The van der Waals surface area contributed by atoms with Crippen LogP contribution in [0, 0.1) is 6.92 Å². The highest BCUT2D eigenvalue weighted by Crippen LogP contribution is 2.34. The number of nitrogens with two attached hydrogens (primary N) is 1. The van der Waals surface area contributed by atoms with E-state index in [1.165, 1.54) is 23.1 Å². The molecule has 3 N–H and O–H groups in total. The van der Waals surface area contributed by atoms with Gasteiger partial charge in [0, 0.05) is 22.7 Å². The van der Waals surface area contributed by atoms with Crippen LogP contribution in [0.5, 0.6) is 0 Å². The normalized spacial score (nSPS) is 10.4. The molecule has 1 amide bonds. The summed E-state index contributed by atoms with van der Waals surface area (Å²) in [5.74, 6) is -0.113. The van der Waals surface area contributed by atoms with E-state index in [1.54, 1.807) is 12.1 Å². The first-order valence-electron chi connectivity index (χ1n) is 5.76. The van der Waals surface area contributed by atoms with E-state index in [1.807, 2.05) is 19.9 Å². The Kier molecular flexibility index (Phi) is 4.39. The number of rotatable bonds is 4. The monoisotopic (exact) mass is 294 g/mol. The van der Waals surface area contributed by atoms with Gasteiger partial charge in [-0.2, -0.15) is 0 Å². The zero-order chi connectivity index (χ0) is 13.8. The topological polar surface area (TPSA) is 80.9 Å². The molecule has 1 aromatic carbocycles. The van der Waals surface area contributed by atoms with Gasteiger partial charge in [-0.1, -0.05) is 23.1 Å². The maximum atomic E-state index is 11.7. The number of nitrogens with zero attached hydrogens (tertiary/aromatic N) is 2. The molecule has 0 saturated carbocycles. The highest BCUT2D eigenvalue weighted by molar-refractivity contribution is 8.01. The summed E-state index contributed by atoms with van der Waals surface area (Å²) in [6, 6.07) is 5.28. The molecule has 0 atom stereocenters. The number of carbonyl (C=O) groups is 1. The summed E-state index contributed by atoms with van der Waals surface area (Å²) in [5.41, 5.74) is 7.10. The van der Waals surface area contributed by atoms with Crippen LogP contribution in [0.1, 0.15) is 22.3 Å². The minimum atomic E-state index is -0.113. The Morgan fingerprint density at radius 3 is 2.84 bits per heavy atom. The van der Waals surface area contributed by atoms with Gasteiger partial charge >= 0.3 is 0 Å². The summed E-state index contributed by atoms with van der Waals surface area (Å²) in [4.78, 5) is 12.6. The molecular formula is C12H14N4OS2. The molecule has 100 valence electrons. The molecule has 0 saturated heterocycles. The van der Waals surface area contributed by atoms with Crippen LogP contribution in [0.3, 0.4) is 0 Å². The van der Waals surface area contributed by atoms with Gasteiger partial charge in [0.2, 0.25) is 0 Å². The third kappa shape index (κ3) is 3.45. The Morgan fingerprint density at radius 1 is 1.47 bits per heavy atom. The molecule has 0 aliphatic rings. The van der Waals surface area contributed by atoms with Crippen molar-refractivity contribution in [1.29, 1.82) is 0 Å². The summed E-state index contributed by atoms with van der Waals surface area (Å²) in [6.45, 7) is 4.38. The van der Waals surface area contributed by atoms with Crippen molar-refractivity contribution >= 4 is 34.7 Å². The van der Waals surface area contributed by atoms with Gasteiger partial charge < -0.3 is 11.1 Å². The van der Waals surface area contributed by atoms with E-state index in [2.05, 4.69) is 15.5 Å². The van der Waals surface area contributed by atoms with E-state index >= 15 is 0 Å². The number of hydrogen-bond donors (Lipinski definition) is 2. The molecule has 2 aromatic rings. The molecule has 7 heteroatoms. The van der Waals surface area contributed by atoms with Crippen molar-refractivity contribution in [1.82, 2.24) is 15.5 Å². The van der Waals surface area contributed by atoms with Crippen molar-refractivity contribution in [2.45, 2.75) is 23.1 Å². The van der Waals surface area contributed by atoms with Crippen molar-refractivity contribution in [3.8, 4) is 0 Å². The fourth-order valence-corrected chi connectivity index (χ4v) is 3.26. The quantitative estimate of drug-likeness (QED) is 0.846. The van der Waals surface area contributed by atoms with Crippen molar-refractivity contribution in [2.24, 2.45) is 0 Å². The molecule has 5 nitrogen and oxygen atoms in total. The first-order chi connectivity index (χ1) is 9.10. The van der Waals surface area contributed by atoms with E-state index in [0.717, 1.165) is 14.2 Å². The number of anilines is 1. The summed E-state index contributed by atoms with van der Waals surface area (Å²) < 4.78 is 0.843. The standard InChI is InChI=1S/C12H14N4OS2/c1-3-14-11(17)8-4-5-10(9(13)6-8)19-12-16-15-7(2)18-12/h4-6H,3,13H2,1-2H3,(H,14,17). The average molecular weight is 294 g/mol. The lowest BCUT2D eigenvalue weighted by Crippen LogP contribution is -2.22. The van der Waals surface area contributed by atoms with E-state index < -0.39 is 0 Å². The van der Waals surface area contributed by atoms with Crippen LogP contribution in [0.2, 0.25) is 0 Å². The number of aromatic nitrogens is 2. The summed E-state index contributed by atoms with van der Waals surface area (Å²) in [7, 11) is 0. The molecule has 19 heavy (non-hydrogen) atoms. The molecular weight excluding hydrogens is 280 g/mol. The van der Waals surface area contributed by atoms with Gasteiger partial charge in [0.25, 0.3) is 5.91 Å². The minimum Gasteiger partial charge on any atom is -0.398 e. The Hall–Kier alpha value is -1.60. The third-order valence-electron chi connectivity index (χ3n) is 2.31. The summed E-state index contributed by atoms with van der Waals surface area (Å²) >= 11 is 2.97. The van der Waals surface area contributed by atoms with Gasteiger partial charge in [0.05, 0.1) is 0 Å². The number of aryl methyl sites for hydroxylation is 1. The number of carbonyl (C=O) groups excluding carboxylic acids is 1. The smallest absolute Gasteiger partial charge is 0.251 e. The minimum absolute atomic E-state index is 0.113. The average Bonchev–Trinajstić information content (AvgIpc) is 2.78. The van der Waals surface area contributed by atoms with Crippen LogP contribution < -0.4 is 11.1 Å². The number of nitrogens with one attached hydrogen (secondary N) is 1. The van der Waals surface area contributed by atoms with Crippen LogP contribution in [-0.2, 0) is 0 Å². The summed E-state index contributed by atoms with van der Waals surface area (Å²) in [6.07, 6.45) is 0. The SMILES string of the molecule is CCNC(=O)c1ccc(Sc2nnc(C)s2)c(N)c1. The predicted octanol–water partition coefficient (Wildman–Crippen LogP) is 2.33. The fraction of sp³-hybridized carbons (Fsp3) is 0.250. The molecule has 0 fully saturated rings. The Balaban J connectivity index is 2.17. The van der Waals surface area contributed by atoms with Gasteiger partial charge in [-0.05, 0) is 32.0 Å². The zero-order valence-corrected chi connectivity index (χ0v) is 12.3. The van der Waals surface area contributed by atoms with E-state index in [4.69, 9.17) is 5.73 Å². The maximum Gasteiger partial charge on any atom is 0.251 e. The largest absolute Gasteiger partial charge is 0.398 e. The van der Waals surface area contributed by atoms with Gasteiger partial charge in [0.15, 0.2) is 4.34 Å². The van der Waals surface area contributed by atoms with Crippen LogP contribution in [0.15, 0.2) is 27.4 Å². The molecule has 0 spiro atoms. The zero-order valence-electron chi connectivity index (χ0n) is 10.6. The van der Waals surface area contributed by atoms with E-state index in [9.17, 15) is 4.79 Å². The van der Waals surface area contributed by atoms with Gasteiger partial charge in [0.1, 0.15) is 5.01 Å². The molecule has 0 aliphatic heterocycles. The van der Waals surface area contributed by atoms with Crippen LogP contribution in [0.25, 0.3) is 0 Å². The molecule has 1 heterocycles. The van der Waals surface area contributed by atoms with Crippen LogP contribution >= 0.6 is 23.1 Å². The highest BCUT2D eigenvalue weighted by atomic mass is 32.2. The number of nitrogen functional groups attached to an aromatic ring is 1. The lowest BCUT2D eigenvalue weighted by molar-refractivity contribution is 0.0956. The molecule has 0 aliphatic carbocycles. The maximum absolute atomic E-state index is 11.7.